The molecule has 2 atom stereocenters. The molecule has 1 aliphatic rings. The van der Waals surface area contributed by atoms with E-state index in [2.05, 4.69) is 17.9 Å². The number of nitriles is 1. The lowest BCUT2D eigenvalue weighted by atomic mass is 9.96. The van der Waals surface area contributed by atoms with Gasteiger partial charge < -0.3 is 10.6 Å². The molecular weight excluding hydrogens is 186 g/mol. The average molecular weight is 209 g/mol. The van der Waals surface area contributed by atoms with Crippen molar-refractivity contribution in [2.24, 2.45) is 5.73 Å². The largest absolute Gasteiger partial charge is 0.314 e. The molecule has 0 aliphatic carbocycles. The molecule has 0 aromatic carbocycles. The van der Waals surface area contributed by atoms with Crippen LogP contribution in [0.15, 0.2) is 0 Å². The Morgan fingerprint density at radius 1 is 1.33 bits per heavy atom. The summed E-state index contributed by atoms with van der Waals surface area (Å²) >= 11 is 0. The Balaban J connectivity index is 2.45. The first-order valence-electron chi connectivity index (χ1n) is 5.99. The van der Waals surface area contributed by atoms with Crippen molar-refractivity contribution in [3.63, 3.8) is 0 Å². The summed E-state index contributed by atoms with van der Waals surface area (Å²) in [5.74, 6) is 0. The van der Waals surface area contributed by atoms with Crippen LogP contribution in [0.5, 0.6) is 0 Å². The molecule has 3 nitrogen and oxygen atoms in total. The summed E-state index contributed by atoms with van der Waals surface area (Å²) in [5.41, 5.74) is 5.20. The Morgan fingerprint density at radius 2 is 1.87 bits per heavy atom. The van der Waals surface area contributed by atoms with Crippen LogP contribution in [0.1, 0.15) is 46.0 Å². The fraction of sp³-hybridized carbons (Fsp3) is 0.917. The predicted octanol–water partition coefficient (Wildman–Crippen LogP) is 1.88. The molecule has 2 N–H and O–H groups in total. The number of likely N-dealkylation sites (tertiary alicyclic amines) is 1. The molecule has 0 bridgehead atoms. The van der Waals surface area contributed by atoms with E-state index >= 15 is 0 Å². The summed E-state index contributed by atoms with van der Waals surface area (Å²) in [6, 6.07) is 2.61. The molecule has 2 unspecified atom stereocenters. The smallest absolute Gasteiger partial charge is 0.102 e. The Bertz CT molecular complexity index is 222. The summed E-state index contributed by atoms with van der Waals surface area (Å²) in [5, 5.41) is 8.90. The Hall–Kier alpha value is -0.590. The molecule has 1 heterocycles. The van der Waals surface area contributed by atoms with E-state index in [0.717, 1.165) is 6.42 Å². The summed E-state index contributed by atoms with van der Waals surface area (Å²) in [6.45, 7) is 6.35. The lowest BCUT2D eigenvalue weighted by Gasteiger charge is -2.31. The van der Waals surface area contributed by atoms with Crippen LogP contribution in [0.4, 0.5) is 0 Å². The van der Waals surface area contributed by atoms with E-state index < -0.39 is 5.54 Å². The fourth-order valence-electron chi connectivity index (χ4n) is 2.32. The van der Waals surface area contributed by atoms with Crippen molar-refractivity contribution < 1.29 is 0 Å². The summed E-state index contributed by atoms with van der Waals surface area (Å²) in [4.78, 5) is 2.48. The lowest BCUT2D eigenvalue weighted by molar-refractivity contribution is 0.191. The zero-order valence-corrected chi connectivity index (χ0v) is 10.00. The number of rotatable bonds is 3. The molecule has 1 aliphatic heterocycles. The van der Waals surface area contributed by atoms with E-state index in [1.54, 1.807) is 0 Å². The van der Waals surface area contributed by atoms with Crippen LogP contribution in [0.2, 0.25) is 0 Å². The van der Waals surface area contributed by atoms with Crippen molar-refractivity contribution in [2.75, 3.05) is 13.1 Å². The molecule has 1 saturated heterocycles. The van der Waals surface area contributed by atoms with Gasteiger partial charge in [-0.3, -0.25) is 0 Å². The second-order valence-electron chi connectivity index (χ2n) is 5.03. The lowest BCUT2D eigenvalue weighted by Crippen LogP contribution is -2.44. The normalized spacial score (nSPS) is 24.9. The average Bonchev–Trinajstić information content (AvgIpc) is 2.45. The Labute approximate surface area is 93.2 Å². The summed E-state index contributed by atoms with van der Waals surface area (Å²) in [6.07, 6.45) is 6.04. The predicted molar refractivity (Wildman–Crippen MR) is 62.3 cm³/mol. The number of hydrogen-bond donors (Lipinski definition) is 1. The van der Waals surface area contributed by atoms with Crippen LogP contribution >= 0.6 is 0 Å². The first-order chi connectivity index (χ1) is 7.05. The molecule has 0 saturated carbocycles. The van der Waals surface area contributed by atoms with Crippen LogP contribution in [0.25, 0.3) is 0 Å². The Morgan fingerprint density at radius 3 is 2.33 bits per heavy atom. The molecule has 0 amide bonds. The van der Waals surface area contributed by atoms with Gasteiger partial charge in [0, 0.05) is 6.04 Å². The number of hydrogen-bond acceptors (Lipinski definition) is 3. The molecular formula is C12H23N3. The van der Waals surface area contributed by atoms with Gasteiger partial charge in [0.1, 0.15) is 5.54 Å². The van der Waals surface area contributed by atoms with Gasteiger partial charge in [0.15, 0.2) is 0 Å². The minimum absolute atomic E-state index is 0.428. The van der Waals surface area contributed by atoms with E-state index in [0.29, 0.717) is 6.04 Å². The zero-order chi connectivity index (χ0) is 11.3. The maximum Gasteiger partial charge on any atom is 0.102 e. The Kier molecular flexibility index (Phi) is 4.56. The monoisotopic (exact) mass is 209 g/mol. The van der Waals surface area contributed by atoms with Crippen molar-refractivity contribution in [1.29, 1.82) is 5.26 Å². The maximum absolute atomic E-state index is 8.90. The molecule has 3 heteroatoms. The van der Waals surface area contributed by atoms with Crippen molar-refractivity contribution in [3.05, 3.63) is 0 Å². The van der Waals surface area contributed by atoms with Gasteiger partial charge in [-0.05, 0) is 46.2 Å². The van der Waals surface area contributed by atoms with Crippen molar-refractivity contribution in [2.45, 2.75) is 57.5 Å². The highest BCUT2D eigenvalue weighted by Crippen LogP contribution is 2.17. The third-order valence-corrected chi connectivity index (χ3v) is 3.24. The van der Waals surface area contributed by atoms with Gasteiger partial charge in [-0.2, -0.15) is 5.26 Å². The minimum atomic E-state index is -0.675. The van der Waals surface area contributed by atoms with Gasteiger partial charge in [0.25, 0.3) is 0 Å². The number of nitrogens with zero attached hydrogens (tertiary/aromatic N) is 2. The maximum atomic E-state index is 8.90. The molecule has 15 heavy (non-hydrogen) atoms. The van der Waals surface area contributed by atoms with Gasteiger partial charge in [-0.25, -0.2) is 0 Å². The molecule has 1 rings (SSSR count). The highest BCUT2D eigenvalue weighted by atomic mass is 15.1. The van der Waals surface area contributed by atoms with E-state index in [-0.39, 0.29) is 0 Å². The third-order valence-electron chi connectivity index (χ3n) is 3.24. The third kappa shape index (κ3) is 4.19. The summed E-state index contributed by atoms with van der Waals surface area (Å²) in [7, 11) is 0. The second-order valence-corrected chi connectivity index (χ2v) is 5.03. The SMILES string of the molecule is CC(CC(C)(N)C#N)N1CCCCCC1. The highest BCUT2D eigenvalue weighted by Gasteiger charge is 2.24. The first-order valence-corrected chi connectivity index (χ1v) is 5.99. The zero-order valence-electron chi connectivity index (χ0n) is 10.00. The van der Waals surface area contributed by atoms with Crippen molar-refractivity contribution >= 4 is 0 Å². The molecule has 0 aromatic heterocycles. The van der Waals surface area contributed by atoms with Crippen LogP contribution in [0, 0.1) is 11.3 Å². The fourth-order valence-corrected chi connectivity index (χ4v) is 2.32. The van der Waals surface area contributed by atoms with Gasteiger partial charge >= 0.3 is 0 Å². The summed E-state index contributed by atoms with van der Waals surface area (Å²) < 4.78 is 0. The van der Waals surface area contributed by atoms with Gasteiger partial charge in [-0.1, -0.05) is 12.8 Å². The molecule has 0 aromatic rings. The molecule has 1 fully saturated rings. The van der Waals surface area contributed by atoms with Crippen LogP contribution in [-0.4, -0.2) is 29.6 Å². The molecule has 0 radical (unpaired) electrons. The van der Waals surface area contributed by atoms with E-state index in [9.17, 15) is 0 Å². The number of nitrogens with two attached hydrogens (primary N) is 1. The topological polar surface area (TPSA) is 53.1 Å². The first kappa shape index (κ1) is 12.5. The van der Waals surface area contributed by atoms with Gasteiger partial charge in [0.2, 0.25) is 0 Å². The van der Waals surface area contributed by atoms with Gasteiger partial charge in [0.05, 0.1) is 6.07 Å². The van der Waals surface area contributed by atoms with Crippen LogP contribution in [0.3, 0.4) is 0 Å². The molecule has 0 spiro atoms. The minimum Gasteiger partial charge on any atom is -0.314 e. The van der Waals surface area contributed by atoms with Crippen molar-refractivity contribution in [3.8, 4) is 6.07 Å². The van der Waals surface area contributed by atoms with E-state index in [4.69, 9.17) is 11.0 Å². The molecule has 86 valence electrons. The van der Waals surface area contributed by atoms with Crippen LogP contribution < -0.4 is 5.73 Å². The second kappa shape index (κ2) is 5.48. The standard InChI is InChI=1S/C12H23N3/c1-11(9-12(2,14)10-13)15-7-5-3-4-6-8-15/h11H,3-9,14H2,1-2H3. The van der Waals surface area contributed by atoms with E-state index in [1.807, 2.05) is 6.92 Å². The van der Waals surface area contributed by atoms with Gasteiger partial charge in [-0.15, -0.1) is 0 Å². The highest BCUT2D eigenvalue weighted by molar-refractivity contribution is 5.02. The van der Waals surface area contributed by atoms with Crippen molar-refractivity contribution in [1.82, 2.24) is 4.90 Å². The van der Waals surface area contributed by atoms with Crippen LogP contribution in [-0.2, 0) is 0 Å². The quantitative estimate of drug-likeness (QED) is 0.772. The van der Waals surface area contributed by atoms with E-state index in [1.165, 1.54) is 38.8 Å².